The highest BCUT2D eigenvalue weighted by Gasteiger charge is 2.29. The number of benzene rings is 1. The quantitative estimate of drug-likeness (QED) is 0.239. The molecule has 4 rings (SSSR count). The summed E-state index contributed by atoms with van der Waals surface area (Å²) < 4.78 is 17.0. The van der Waals surface area contributed by atoms with Crippen LogP contribution in [0.2, 0.25) is 0 Å². The van der Waals surface area contributed by atoms with Crippen molar-refractivity contribution in [3.8, 4) is 28.4 Å². The molecular formula is C28H35N7O6. The molecule has 218 valence electrons. The van der Waals surface area contributed by atoms with Gasteiger partial charge in [-0.25, -0.2) is 0 Å². The third-order valence-electron chi connectivity index (χ3n) is 6.91. The van der Waals surface area contributed by atoms with E-state index in [9.17, 15) is 14.4 Å². The van der Waals surface area contributed by atoms with Crippen LogP contribution in [0.4, 0.5) is 11.6 Å². The second-order valence-corrected chi connectivity index (χ2v) is 9.62. The van der Waals surface area contributed by atoms with Crippen LogP contribution >= 0.6 is 0 Å². The van der Waals surface area contributed by atoms with E-state index in [1.54, 1.807) is 33.5 Å². The van der Waals surface area contributed by atoms with Gasteiger partial charge in [-0.05, 0) is 65.8 Å². The number of aromatic nitrogens is 4. The van der Waals surface area contributed by atoms with Crippen LogP contribution in [0, 0.1) is 0 Å². The van der Waals surface area contributed by atoms with E-state index in [1.807, 2.05) is 12.1 Å². The number of tetrazole rings is 1. The first-order chi connectivity index (χ1) is 19.9. The van der Waals surface area contributed by atoms with Gasteiger partial charge in [-0.2, -0.15) is 5.21 Å². The highest BCUT2D eigenvalue weighted by atomic mass is 16.5. The van der Waals surface area contributed by atoms with E-state index in [-0.39, 0.29) is 29.2 Å². The van der Waals surface area contributed by atoms with Crippen molar-refractivity contribution in [3.05, 3.63) is 45.6 Å². The fourth-order valence-electron chi connectivity index (χ4n) is 5.07. The SMILES string of the molecule is COc1cc2c(c(OC)c1OC)-c1ccc(NCCCCCC(=O)Nc3nn[nH]n3)c(=O)cc1[C@H](NC(C)=O)CC2. The number of anilines is 2. The van der Waals surface area contributed by atoms with E-state index in [0.717, 1.165) is 29.5 Å². The van der Waals surface area contributed by atoms with Gasteiger partial charge in [0.15, 0.2) is 11.5 Å². The van der Waals surface area contributed by atoms with E-state index in [4.69, 9.17) is 14.2 Å². The summed E-state index contributed by atoms with van der Waals surface area (Å²) >= 11 is 0. The van der Waals surface area contributed by atoms with Crippen molar-refractivity contribution in [2.24, 2.45) is 0 Å². The van der Waals surface area contributed by atoms with Gasteiger partial charge in [0.25, 0.3) is 5.95 Å². The maximum absolute atomic E-state index is 13.4. The lowest BCUT2D eigenvalue weighted by Gasteiger charge is -2.19. The third kappa shape index (κ3) is 6.91. The lowest BCUT2D eigenvalue weighted by Crippen LogP contribution is -2.26. The number of carbonyl (C=O) groups is 2. The van der Waals surface area contributed by atoms with Gasteiger partial charge >= 0.3 is 0 Å². The average molecular weight is 566 g/mol. The van der Waals surface area contributed by atoms with Crippen LogP contribution in [-0.2, 0) is 16.0 Å². The summed E-state index contributed by atoms with van der Waals surface area (Å²) in [6, 6.07) is 6.78. The summed E-state index contributed by atoms with van der Waals surface area (Å²) in [5, 5.41) is 21.9. The van der Waals surface area contributed by atoms with Crippen LogP contribution in [0.5, 0.6) is 17.2 Å². The van der Waals surface area contributed by atoms with Crippen molar-refractivity contribution in [2.45, 2.75) is 51.5 Å². The van der Waals surface area contributed by atoms with E-state index in [2.05, 4.69) is 36.6 Å². The third-order valence-corrected chi connectivity index (χ3v) is 6.91. The van der Waals surface area contributed by atoms with Gasteiger partial charge < -0.3 is 24.8 Å². The number of carbonyl (C=O) groups excluding carboxylic acids is 2. The Morgan fingerprint density at radius 3 is 2.54 bits per heavy atom. The number of fused-ring (bicyclic) bond motifs is 3. The smallest absolute Gasteiger partial charge is 0.269 e. The van der Waals surface area contributed by atoms with E-state index >= 15 is 0 Å². The molecule has 0 radical (unpaired) electrons. The van der Waals surface area contributed by atoms with E-state index in [0.29, 0.717) is 60.7 Å². The molecular weight excluding hydrogens is 530 g/mol. The van der Waals surface area contributed by atoms with Crippen molar-refractivity contribution in [3.63, 3.8) is 0 Å². The molecule has 13 nitrogen and oxygen atoms in total. The summed E-state index contributed by atoms with van der Waals surface area (Å²) in [5.41, 5.74) is 3.49. The van der Waals surface area contributed by atoms with E-state index < -0.39 is 0 Å². The number of aryl methyl sites for hydroxylation is 1. The zero-order valence-electron chi connectivity index (χ0n) is 23.6. The zero-order chi connectivity index (χ0) is 29.4. The molecule has 0 saturated heterocycles. The first-order valence-corrected chi connectivity index (χ1v) is 13.4. The van der Waals surface area contributed by atoms with Crippen LogP contribution in [0.25, 0.3) is 11.1 Å². The standard InChI is InChI=1S/C28H35N7O6/c1-16(36)30-20-11-9-17-14-23(39-2)26(40-3)27(41-4)25(17)18-10-12-21(22(37)15-19(18)20)29-13-7-5-6-8-24(38)31-28-32-34-35-33-28/h10,12,14-15,20H,5-9,11,13H2,1-4H3,(H,29,37)(H,30,36)(H2,31,32,33,34,35,38)/t20-/m1/s1. The number of hydrogen-bond acceptors (Lipinski definition) is 10. The fraction of sp³-hybridized carbons (Fsp3) is 0.429. The molecule has 0 bridgehead atoms. The van der Waals surface area contributed by atoms with Gasteiger partial charge in [0.05, 0.1) is 33.1 Å². The molecule has 0 saturated carbocycles. The zero-order valence-corrected chi connectivity index (χ0v) is 23.6. The minimum absolute atomic E-state index is 0.147. The average Bonchev–Trinajstić information content (AvgIpc) is 3.35. The first kappa shape index (κ1) is 29.3. The normalized spacial score (nSPS) is 13.7. The predicted molar refractivity (Wildman–Crippen MR) is 152 cm³/mol. The second-order valence-electron chi connectivity index (χ2n) is 9.62. The van der Waals surface area contributed by atoms with Crippen molar-refractivity contribution < 1.29 is 23.8 Å². The summed E-state index contributed by atoms with van der Waals surface area (Å²) in [6.45, 7) is 2.02. The number of nitrogens with zero attached hydrogens (tertiary/aromatic N) is 3. The Bertz CT molecular complexity index is 1440. The highest BCUT2D eigenvalue weighted by molar-refractivity contribution is 5.88. The molecule has 1 aromatic heterocycles. The Kier molecular flexibility index (Phi) is 9.72. The van der Waals surface area contributed by atoms with Gasteiger partial charge in [-0.1, -0.05) is 17.6 Å². The number of ether oxygens (including phenoxy) is 3. The van der Waals surface area contributed by atoms with Crippen LogP contribution < -0.4 is 35.6 Å². The number of hydrogen-bond donors (Lipinski definition) is 4. The largest absolute Gasteiger partial charge is 0.493 e. The van der Waals surface area contributed by atoms with Crippen molar-refractivity contribution in [1.29, 1.82) is 0 Å². The molecule has 1 aliphatic carbocycles. The maximum atomic E-state index is 13.4. The van der Waals surface area contributed by atoms with Crippen LogP contribution in [-0.4, -0.2) is 60.3 Å². The Morgan fingerprint density at radius 2 is 1.85 bits per heavy atom. The number of aromatic amines is 1. The number of rotatable bonds is 12. The fourth-order valence-corrected chi connectivity index (χ4v) is 5.07. The molecule has 0 unspecified atom stereocenters. The monoisotopic (exact) mass is 565 g/mol. The van der Waals surface area contributed by atoms with Gasteiger partial charge in [0, 0.05) is 25.5 Å². The second kappa shape index (κ2) is 13.6. The number of amides is 2. The van der Waals surface area contributed by atoms with Crippen molar-refractivity contribution in [1.82, 2.24) is 25.9 Å². The first-order valence-electron chi connectivity index (χ1n) is 13.4. The molecule has 4 N–H and O–H groups in total. The lowest BCUT2D eigenvalue weighted by molar-refractivity contribution is -0.119. The number of methoxy groups -OCH3 is 3. The van der Waals surface area contributed by atoms with Crippen LogP contribution in [0.15, 0.2) is 29.1 Å². The molecule has 1 aliphatic rings. The lowest BCUT2D eigenvalue weighted by atomic mass is 9.95. The molecule has 13 heteroatoms. The molecule has 3 aromatic rings. The summed E-state index contributed by atoms with van der Waals surface area (Å²) in [7, 11) is 4.69. The highest BCUT2D eigenvalue weighted by Crippen LogP contribution is 2.50. The van der Waals surface area contributed by atoms with E-state index in [1.165, 1.54) is 6.92 Å². The summed E-state index contributed by atoms with van der Waals surface area (Å²) in [5.74, 6) is 1.28. The molecule has 0 spiro atoms. The molecule has 0 aliphatic heterocycles. The Morgan fingerprint density at radius 1 is 1.05 bits per heavy atom. The molecule has 2 aromatic carbocycles. The molecule has 2 amide bonds. The summed E-state index contributed by atoms with van der Waals surface area (Å²) in [6.07, 6.45) is 3.76. The van der Waals surface area contributed by atoms with Crippen molar-refractivity contribution >= 4 is 23.5 Å². The van der Waals surface area contributed by atoms with Gasteiger partial charge in [-0.3, -0.25) is 19.7 Å². The maximum Gasteiger partial charge on any atom is 0.269 e. The number of nitrogens with one attached hydrogen (secondary N) is 4. The Hall–Kier alpha value is -4.68. The van der Waals surface area contributed by atoms with Crippen LogP contribution in [0.3, 0.4) is 0 Å². The van der Waals surface area contributed by atoms with Gasteiger partial charge in [-0.15, -0.1) is 5.10 Å². The minimum atomic E-state index is -0.372. The minimum Gasteiger partial charge on any atom is -0.493 e. The Balaban J connectivity index is 1.56. The van der Waals surface area contributed by atoms with Crippen LogP contribution in [0.1, 0.15) is 56.2 Å². The van der Waals surface area contributed by atoms with Gasteiger partial charge in [0.2, 0.25) is 23.0 Å². The topological polar surface area (TPSA) is 169 Å². The molecule has 41 heavy (non-hydrogen) atoms. The van der Waals surface area contributed by atoms with Crippen molar-refractivity contribution in [2.75, 3.05) is 38.5 Å². The predicted octanol–water partition coefficient (Wildman–Crippen LogP) is 2.99. The summed E-state index contributed by atoms with van der Waals surface area (Å²) in [4.78, 5) is 37.4. The molecule has 1 heterocycles. The van der Waals surface area contributed by atoms with Gasteiger partial charge in [0.1, 0.15) is 0 Å². The molecule has 1 atom stereocenters. The molecule has 0 fully saturated rings. The number of unbranched alkanes of at least 4 members (excludes halogenated alkanes) is 2. The Labute approximate surface area is 237 Å². The number of H-pyrrole nitrogens is 1.